The van der Waals surface area contributed by atoms with E-state index in [-0.39, 0.29) is 0 Å². The molecule has 0 amide bonds. The highest BCUT2D eigenvalue weighted by Crippen LogP contribution is 2.29. The molecule has 4 aromatic rings. The van der Waals surface area contributed by atoms with Gasteiger partial charge in [-0.05, 0) is 24.6 Å². The van der Waals surface area contributed by atoms with Crippen molar-refractivity contribution in [2.24, 2.45) is 0 Å². The van der Waals surface area contributed by atoms with Crippen molar-refractivity contribution in [1.29, 1.82) is 0 Å². The fourth-order valence-electron chi connectivity index (χ4n) is 2.77. The van der Waals surface area contributed by atoms with Crippen molar-refractivity contribution in [3.8, 4) is 22.5 Å². The number of anilines is 2. The summed E-state index contributed by atoms with van der Waals surface area (Å²) in [6.45, 7) is 1.96. The highest BCUT2D eigenvalue weighted by atomic mass is 35.5. The molecule has 0 radical (unpaired) electrons. The van der Waals surface area contributed by atoms with Gasteiger partial charge in [-0.25, -0.2) is 4.98 Å². The Morgan fingerprint density at radius 2 is 1.37 bits per heavy atom. The second-order valence-electron chi connectivity index (χ2n) is 6.15. The highest BCUT2D eigenvalue weighted by molar-refractivity contribution is 6.31. The third-order valence-electron chi connectivity index (χ3n) is 4.21. The maximum absolute atomic E-state index is 6.22. The van der Waals surface area contributed by atoms with Crippen molar-refractivity contribution in [2.75, 3.05) is 5.32 Å². The Labute approximate surface area is 162 Å². The first-order chi connectivity index (χ1) is 13.2. The van der Waals surface area contributed by atoms with Crippen LogP contribution in [0.2, 0.25) is 5.02 Å². The Morgan fingerprint density at radius 1 is 0.741 bits per heavy atom. The SMILES string of the molecule is Cc1ccc(Nc2nnc(-c3ccccc3)c(-c3ccccc3)n2)cc1Cl. The number of nitrogens with one attached hydrogen (secondary N) is 1. The van der Waals surface area contributed by atoms with E-state index in [9.17, 15) is 0 Å². The van der Waals surface area contributed by atoms with E-state index >= 15 is 0 Å². The van der Waals surface area contributed by atoms with Gasteiger partial charge in [0, 0.05) is 21.8 Å². The standard InChI is InChI=1S/C22H17ClN4/c1-15-12-13-18(14-19(15)23)24-22-25-20(16-8-4-2-5-9-16)21(26-27-22)17-10-6-3-7-11-17/h2-14H,1H3,(H,24,25,27). The van der Waals surface area contributed by atoms with Crippen LogP contribution in [0.5, 0.6) is 0 Å². The second-order valence-corrected chi connectivity index (χ2v) is 6.56. The van der Waals surface area contributed by atoms with Crippen molar-refractivity contribution < 1.29 is 0 Å². The van der Waals surface area contributed by atoms with E-state index in [0.29, 0.717) is 11.0 Å². The van der Waals surface area contributed by atoms with E-state index in [0.717, 1.165) is 33.8 Å². The third-order valence-corrected chi connectivity index (χ3v) is 4.62. The van der Waals surface area contributed by atoms with Crippen molar-refractivity contribution in [2.45, 2.75) is 6.92 Å². The van der Waals surface area contributed by atoms with Gasteiger partial charge in [-0.1, -0.05) is 78.3 Å². The average Bonchev–Trinajstić information content (AvgIpc) is 2.72. The van der Waals surface area contributed by atoms with Gasteiger partial charge in [0.2, 0.25) is 5.95 Å². The zero-order valence-corrected chi connectivity index (χ0v) is 15.5. The molecule has 27 heavy (non-hydrogen) atoms. The maximum Gasteiger partial charge on any atom is 0.247 e. The highest BCUT2D eigenvalue weighted by Gasteiger charge is 2.13. The monoisotopic (exact) mass is 372 g/mol. The normalized spacial score (nSPS) is 10.6. The maximum atomic E-state index is 6.22. The van der Waals surface area contributed by atoms with Crippen LogP contribution in [0.4, 0.5) is 11.6 Å². The van der Waals surface area contributed by atoms with Crippen molar-refractivity contribution in [3.63, 3.8) is 0 Å². The summed E-state index contributed by atoms with van der Waals surface area (Å²) >= 11 is 6.22. The predicted octanol–water partition coefficient (Wildman–Crippen LogP) is 5.91. The molecule has 0 atom stereocenters. The van der Waals surface area contributed by atoms with Crippen LogP contribution >= 0.6 is 11.6 Å². The average molecular weight is 373 g/mol. The van der Waals surface area contributed by atoms with Crippen molar-refractivity contribution in [3.05, 3.63) is 89.4 Å². The lowest BCUT2D eigenvalue weighted by Gasteiger charge is -2.11. The summed E-state index contributed by atoms with van der Waals surface area (Å²) < 4.78 is 0. The molecular formula is C22H17ClN4. The zero-order valence-electron chi connectivity index (χ0n) is 14.7. The summed E-state index contributed by atoms with van der Waals surface area (Å²) in [6, 6.07) is 25.7. The molecule has 0 unspecified atom stereocenters. The van der Waals surface area contributed by atoms with Crippen LogP contribution in [0.1, 0.15) is 5.56 Å². The summed E-state index contributed by atoms with van der Waals surface area (Å²) in [7, 11) is 0. The summed E-state index contributed by atoms with van der Waals surface area (Å²) in [5, 5.41) is 12.6. The third kappa shape index (κ3) is 3.81. The summed E-state index contributed by atoms with van der Waals surface area (Å²) in [4.78, 5) is 4.74. The molecule has 0 bridgehead atoms. The molecule has 0 aliphatic rings. The van der Waals surface area contributed by atoms with E-state index in [2.05, 4.69) is 15.5 Å². The molecule has 132 valence electrons. The summed E-state index contributed by atoms with van der Waals surface area (Å²) in [5.74, 6) is 0.424. The van der Waals surface area contributed by atoms with Crippen LogP contribution in [0.3, 0.4) is 0 Å². The number of aryl methyl sites for hydroxylation is 1. The molecule has 3 aromatic carbocycles. The quantitative estimate of drug-likeness (QED) is 0.483. The molecule has 1 aromatic heterocycles. The number of nitrogens with zero attached hydrogens (tertiary/aromatic N) is 3. The topological polar surface area (TPSA) is 50.7 Å². The van der Waals surface area contributed by atoms with Crippen LogP contribution in [-0.4, -0.2) is 15.2 Å². The summed E-state index contributed by atoms with van der Waals surface area (Å²) in [5.41, 5.74) is 5.31. The minimum Gasteiger partial charge on any atom is -0.323 e. The van der Waals surface area contributed by atoms with Gasteiger partial charge < -0.3 is 5.32 Å². The molecule has 0 aliphatic carbocycles. The number of aromatic nitrogens is 3. The van der Waals surface area contributed by atoms with Crippen LogP contribution in [0, 0.1) is 6.92 Å². The second kappa shape index (κ2) is 7.56. The van der Waals surface area contributed by atoms with Gasteiger partial charge in [0.1, 0.15) is 11.4 Å². The molecule has 5 heteroatoms. The number of benzene rings is 3. The van der Waals surface area contributed by atoms with Crippen molar-refractivity contribution in [1.82, 2.24) is 15.2 Å². The van der Waals surface area contributed by atoms with Crippen LogP contribution in [0.15, 0.2) is 78.9 Å². The first kappa shape index (κ1) is 17.2. The first-order valence-corrected chi connectivity index (χ1v) is 8.97. The van der Waals surface area contributed by atoms with E-state index in [1.807, 2.05) is 85.8 Å². The number of halogens is 1. The largest absolute Gasteiger partial charge is 0.323 e. The van der Waals surface area contributed by atoms with Crippen LogP contribution in [0.25, 0.3) is 22.5 Å². The van der Waals surface area contributed by atoms with Crippen LogP contribution < -0.4 is 5.32 Å². The van der Waals surface area contributed by atoms with Gasteiger partial charge in [-0.3, -0.25) is 0 Å². The molecule has 0 fully saturated rings. The minimum absolute atomic E-state index is 0.424. The number of hydrogen-bond donors (Lipinski definition) is 1. The Hall–Kier alpha value is -3.24. The lowest BCUT2D eigenvalue weighted by Crippen LogP contribution is -2.03. The molecule has 0 saturated heterocycles. The van der Waals surface area contributed by atoms with Crippen LogP contribution in [-0.2, 0) is 0 Å². The van der Waals surface area contributed by atoms with Gasteiger partial charge in [0.05, 0.1) is 0 Å². The molecule has 4 rings (SSSR count). The Morgan fingerprint density at radius 3 is 2.00 bits per heavy atom. The summed E-state index contributed by atoms with van der Waals surface area (Å²) in [6.07, 6.45) is 0. The predicted molar refractivity (Wildman–Crippen MR) is 110 cm³/mol. The molecule has 0 spiro atoms. The molecule has 1 N–H and O–H groups in total. The van der Waals surface area contributed by atoms with Crippen molar-refractivity contribution >= 4 is 23.2 Å². The van der Waals surface area contributed by atoms with E-state index < -0.39 is 0 Å². The van der Waals surface area contributed by atoms with E-state index in [1.54, 1.807) is 0 Å². The molecule has 1 heterocycles. The lowest BCUT2D eigenvalue weighted by atomic mass is 10.0. The number of rotatable bonds is 4. The lowest BCUT2D eigenvalue weighted by molar-refractivity contribution is 0.990. The van der Waals surface area contributed by atoms with Gasteiger partial charge in [-0.15, -0.1) is 10.2 Å². The van der Waals surface area contributed by atoms with Gasteiger partial charge >= 0.3 is 0 Å². The minimum atomic E-state index is 0.424. The van der Waals surface area contributed by atoms with E-state index in [1.165, 1.54) is 0 Å². The van der Waals surface area contributed by atoms with E-state index in [4.69, 9.17) is 16.6 Å². The molecule has 0 aliphatic heterocycles. The first-order valence-electron chi connectivity index (χ1n) is 8.59. The fourth-order valence-corrected chi connectivity index (χ4v) is 2.95. The fraction of sp³-hybridized carbons (Fsp3) is 0.0455. The van der Waals surface area contributed by atoms with Gasteiger partial charge in [-0.2, -0.15) is 0 Å². The Balaban J connectivity index is 1.78. The van der Waals surface area contributed by atoms with Gasteiger partial charge in [0.15, 0.2) is 0 Å². The zero-order chi connectivity index (χ0) is 18.6. The Bertz CT molecular complexity index is 1070. The smallest absolute Gasteiger partial charge is 0.247 e. The number of hydrogen-bond acceptors (Lipinski definition) is 4. The Kier molecular flexibility index (Phi) is 4.81. The van der Waals surface area contributed by atoms with Gasteiger partial charge in [0.25, 0.3) is 0 Å². The molecule has 0 saturated carbocycles. The molecular weight excluding hydrogens is 356 g/mol. The molecule has 4 nitrogen and oxygen atoms in total.